The summed E-state index contributed by atoms with van der Waals surface area (Å²) in [4.78, 5) is 24.8. The summed E-state index contributed by atoms with van der Waals surface area (Å²) in [6.07, 6.45) is 2.77. The van der Waals surface area contributed by atoms with Crippen molar-refractivity contribution in [2.24, 2.45) is 0 Å². The molecule has 2 heterocycles. The standard InChI is InChI=1S/C22H20N2O3S/c1-3-27-20(25)11-12-23-17-8-4-5-9-18(17)24(22(23)26)13-16-14-28-19-10-6-7-15(2)21(16)19/h4-12,14H,3,13H2,1-2H3. The smallest absolute Gasteiger partial charge is 0.333 e. The van der Waals surface area contributed by atoms with Crippen molar-refractivity contribution in [2.45, 2.75) is 20.4 Å². The van der Waals surface area contributed by atoms with Gasteiger partial charge in [-0.2, -0.15) is 0 Å². The van der Waals surface area contributed by atoms with E-state index in [1.165, 1.54) is 32.5 Å². The van der Waals surface area contributed by atoms with E-state index in [1.54, 1.807) is 22.8 Å². The average Bonchev–Trinajstić information content (AvgIpc) is 3.21. The SMILES string of the molecule is CCOC(=O)C=Cn1c(=O)n(Cc2csc3cccc(C)c23)c2ccccc21. The first-order chi connectivity index (χ1) is 13.6. The molecule has 0 bridgehead atoms. The number of para-hydroxylation sites is 2. The minimum Gasteiger partial charge on any atom is -0.463 e. The van der Waals surface area contributed by atoms with Crippen molar-refractivity contribution >= 4 is 44.6 Å². The van der Waals surface area contributed by atoms with Gasteiger partial charge in [0.05, 0.1) is 24.2 Å². The van der Waals surface area contributed by atoms with Crippen LogP contribution in [0.3, 0.4) is 0 Å². The lowest BCUT2D eigenvalue weighted by Crippen LogP contribution is -2.22. The lowest BCUT2D eigenvalue weighted by Gasteiger charge is -2.04. The molecular formula is C22H20N2O3S. The predicted molar refractivity (Wildman–Crippen MR) is 114 cm³/mol. The van der Waals surface area contributed by atoms with E-state index in [1.807, 2.05) is 24.3 Å². The zero-order valence-electron chi connectivity index (χ0n) is 15.7. The Morgan fingerprint density at radius 1 is 1.14 bits per heavy atom. The second-order valence-corrected chi connectivity index (χ2v) is 7.42. The van der Waals surface area contributed by atoms with Gasteiger partial charge < -0.3 is 4.74 Å². The molecule has 0 saturated heterocycles. The maximum absolute atomic E-state index is 13.1. The van der Waals surface area contributed by atoms with Gasteiger partial charge in [-0.15, -0.1) is 11.3 Å². The molecule has 0 radical (unpaired) electrons. The van der Waals surface area contributed by atoms with E-state index in [9.17, 15) is 9.59 Å². The zero-order chi connectivity index (χ0) is 19.7. The Hall–Kier alpha value is -3.12. The van der Waals surface area contributed by atoms with Gasteiger partial charge in [0.2, 0.25) is 0 Å². The Kier molecular flexibility index (Phi) is 4.88. The highest BCUT2D eigenvalue weighted by molar-refractivity contribution is 7.17. The molecule has 0 spiro atoms. The molecule has 0 saturated carbocycles. The van der Waals surface area contributed by atoms with Crippen molar-refractivity contribution in [1.29, 1.82) is 0 Å². The van der Waals surface area contributed by atoms with Crippen molar-refractivity contribution in [2.75, 3.05) is 6.61 Å². The maximum Gasteiger partial charge on any atom is 0.333 e. The minimum absolute atomic E-state index is 0.185. The summed E-state index contributed by atoms with van der Waals surface area (Å²) in [6.45, 7) is 4.61. The van der Waals surface area contributed by atoms with Crippen LogP contribution in [0.1, 0.15) is 18.1 Å². The van der Waals surface area contributed by atoms with Crippen molar-refractivity contribution in [3.63, 3.8) is 0 Å². The van der Waals surface area contributed by atoms with Crippen LogP contribution in [-0.2, 0) is 16.1 Å². The summed E-state index contributed by atoms with van der Waals surface area (Å²) in [6, 6.07) is 13.8. The van der Waals surface area contributed by atoms with Crippen molar-refractivity contribution < 1.29 is 9.53 Å². The van der Waals surface area contributed by atoms with Crippen LogP contribution >= 0.6 is 11.3 Å². The van der Waals surface area contributed by atoms with E-state index in [2.05, 4.69) is 30.5 Å². The molecule has 5 nitrogen and oxygen atoms in total. The fourth-order valence-electron chi connectivity index (χ4n) is 3.49. The lowest BCUT2D eigenvalue weighted by molar-refractivity contribution is -0.137. The predicted octanol–water partition coefficient (Wildman–Crippen LogP) is 4.41. The van der Waals surface area contributed by atoms with Gasteiger partial charge >= 0.3 is 11.7 Å². The molecule has 0 aliphatic rings. The molecule has 2 aromatic heterocycles. The number of carbonyl (C=O) groups is 1. The summed E-state index contributed by atoms with van der Waals surface area (Å²) in [5.74, 6) is -0.467. The Morgan fingerprint density at radius 3 is 2.71 bits per heavy atom. The van der Waals surface area contributed by atoms with Gasteiger partial charge in [-0.25, -0.2) is 9.59 Å². The first-order valence-corrected chi connectivity index (χ1v) is 9.98. The highest BCUT2D eigenvalue weighted by atomic mass is 32.1. The van der Waals surface area contributed by atoms with E-state index in [0.717, 1.165) is 16.6 Å². The van der Waals surface area contributed by atoms with Crippen LogP contribution in [0, 0.1) is 6.92 Å². The zero-order valence-corrected chi connectivity index (χ0v) is 16.5. The van der Waals surface area contributed by atoms with E-state index in [-0.39, 0.29) is 5.69 Å². The molecule has 4 aromatic rings. The summed E-state index contributed by atoms with van der Waals surface area (Å²) in [5.41, 5.74) is 3.72. The molecule has 0 amide bonds. The second kappa shape index (κ2) is 7.48. The number of aromatic nitrogens is 2. The number of aryl methyl sites for hydroxylation is 1. The molecule has 6 heteroatoms. The van der Waals surface area contributed by atoms with Gasteiger partial charge in [0, 0.05) is 22.4 Å². The van der Waals surface area contributed by atoms with Gasteiger partial charge in [-0.1, -0.05) is 24.3 Å². The number of rotatable bonds is 5. The minimum atomic E-state index is -0.467. The Balaban J connectivity index is 1.83. The number of carbonyl (C=O) groups excluding carboxylic acids is 1. The molecule has 0 N–H and O–H groups in total. The van der Waals surface area contributed by atoms with E-state index < -0.39 is 5.97 Å². The van der Waals surface area contributed by atoms with Crippen LogP contribution < -0.4 is 5.69 Å². The molecular weight excluding hydrogens is 372 g/mol. The number of hydrogen-bond donors (Lipinski definition) is 0. The third kappa shape index (κ3) is 3.16. The number of imidazole rings is 1. The van der Waals surface area contributed by atoms with Crippen LogP contribution in [0.25, 0.3) is 27.3 Å². The van der Waals surface area contributed by atoms with Crippen LogP contribution in [-0.4, -0.2) is 21.7 Å². The third-order valence-electron chi connectivity index (χ3n) is 4.73. The van der Waals surface area contributed by atoms with Gasteiger partial charge in [0.25, 0.3) is 0 Å². The number of ether oxygens (including phenoxy) is 1. The summed E-state index contributed by atoms with van der Waals surface area (Å²) < 4.78 is 9.38. The van der Waals surface area contributed by atoms with Crippen molar-refractivity contribution in [1.82, 2.24) is 9.13 Å². The molecule has 28 heavy (non-hydrogen) atoms. The fourth-order valence-corrected chi connectivity index (χ4v) is 4.51. The Bertz CT molecular complexity index is 1260. The van der Waals surface area contributed by atoms with Crippen molar-refractivity contribution in [3.05, 3.63) is 75.5 Å². The molecule has 2 aromatic carbocycles. The average molecular weight is 392 g/mol. The summed E-state index contributed by atoms with van der Waals surface area (Å²) in [7, 11) is 0. The summed E-state index contributed by atoms with van der Waals surface area (Å²) >= 11 is 1.69. The Labute approximate surface area is 166 Å². The van der Waals surface area contributed by atoms with Gasteiger partial charge in [-0.05, 0) is 48.6 Å². The highest BCUT2D eigenvalue weighted by Gasteiger charge is 2.14. The van der Waals surface area contributed by atoms with Crippen LogP contribution in [0.5, 0.6) is 0 Å². The normalized spacial score (nSPS) is 11.6. The fraction of sp³-hybridized carbons (Fsp3) is 0.182. The first kappa shape index (κ1) is 18.3. The van der Waals surface area contributed by atoms with Gasteiger partial charge in [0.1, 0.15) is 0 Å². The van der Waals surface area contributed by atoms with Crippen LogP contribution in [0.2, 0.25) is 0 Å². The van der Waals surface area contributed by atoms with E-state index in [0.29, 0.717) is 13.2 Å². The number of nitrogens with zero attached hydrogens (tertiary/aromatic N) is 2. The number of hydrogen-bond acceptors (Lipinski definition) is 4. The first-order valence-electron chi connectivity index (χ1n) is 9.10. The third-order valence-corrected chi connectivity index (χ3v) is 5.72. The number of fused-ring (bicyclic) bond motifs is 2. The maximum atomic E-state index is 13.1. The van der Waals surface area contributed by atoms with E-state index in [4.69, 9.17) is 4.74 Å². The van der Waals surface area contributed by atoms with Gasteiger partial charge in [-0.3, -0.25) is 9.13 Å². The van der Waals surface area contributed by atoms with Crippen LogP contribution in [0.15, 0.2) is 58.7 Å². The molecule has 4 rings (SSSR count). The van der Waals surface area contributed by atoms with Crippen LogP contribution in [0.4, 0.5) is 0 Å². The topological polar surface area (TPSA) is 53.2 Å². The number of benzene rings is 2. The number of thiophene rings is 1. The lowest BCUT2D eigenvalue weighted by atomic mass is 10.1. The highest BCUT2D eigenvalue weighted by Crippen LogP contribution is 2.29. The molecule has 0 fully saturated rings. The molecule has 0 unspecified atom stereocenters. The molecule has 142 valence electrons. The molecule has 0 aliphatic carbocycles. The Morgan fingerprint density at radius 2 is 1.93 bits per heavy atom. The largest absolute Gasteiger partial charge is 0.463 e. The van der Waals surface area contributed by atoms with Gasteiger partial charge in [0.15, 0.2) is 0 Å². The monoisotopic (exact) mass is 392 g/mol. The summed E-state index contributed by atoms with van der Waals surface area (Å²) in [5, 5.41) is 3.32. The quantitative estimate of drug-likeness (QED) is 0.373. The van der Waals surface area contributed by atoms with E-state index >= 15 is 0 Å². The van der Waals surface area contributed by atoms with Crippen molar-refractivity contribution in [3.8, 4) is 0 Å². The second-order valence-electron chi connectivity index (χ2n) is 6.50. The molecule has 0 atom stereocenters. The number of esters is 1. The molecule has 0 aliphatic heterocycles.